The van der Waals surface area contributed by atoms with Crippen molar-refractivity contribution >= 4 is 11.9 Å². The van der Waals surface area contributed by atoms with E-state index in [1.54, 1.807) is 17.0 Å². The molecule has 1 aromatic carbocycles. The van der Waals surface area contributed by atoms with E-state index in [4.69, 9.17) is 4.74 Å². The minimum absolute atomic E-state index is 0.212. The van der Waals surface area contributed by atoms with E-state index in [0.29, 0.717) is 18.7 Å². The van der Waals surface area contributed by atoms with Crippen molar-refractivity contribution in [3.8, 4) is 0 Å². The van der Waals surface area contributed by atoms with Crippen LogP contribution in [0.15, 0.2) is 36.4 Å². The van der Waals surface area contributed by atoms with Gasteiger partial charge in [-0.3, -0.25) is 4.79 Å². The Hall–Kier alpha value is -2.10. The van der Waals surface area contributed by atoms with Crippen LogP contribution in [0.5, 0.6) is 0 Å². The van der Waals surface area contributed by atoms with Crippen molar-refractivity contribution in [1.82, 2.24) is 4.90 Å². The third-order valence-electron chi connectivity index (χ3n) is 2.81. The summed E-state index contributed by atoms with van der Waals surface area (Å²) in [5.41, 5.74) is 2.41. The molecule has 0 heterocycles. The molecule has 0 saturated heterocycles. The number of carbonyl (C=O) groups is 2. The number of hydrogen-bond acceptors (Lipinski definition) is 3. The second-order valence-corrected chi connectivity index (χ2v) is 4.81. The lowest BCUT2D eigenvalue weighted by Crippen LogP contribution is -2.35. The summed E-state index contributed by atoms with van der Waals surface area (Å²) in [4.78, 5) is 25.3. The van der Waals surface area contributed by atoms with E-state index in [9.17, 15) is 9.59 Å². The molecule has 1 rings (SSSR count). The van der Waals surface area contributed by atoms with Crippen LogP contribution in [0.1, 0.15) is 29.8 Å². The molecule has 0 atom stereocenters. The van der Waals surface area contributed by atoms with Gasteiger partial charge in [0.2, 0.25) is 0 Å². The monoisotopic (exact) mass is 275 g/mol. The average Bonchev–Trinajstić information content (AvgIpc) is 2.42. The Labute approximate surface area is 120 Å². The zero-order valence-corrected chi connectivity index (χ0v) is 12.3. The standard InChI is InChI=1S/C16H21NO3/c1-5-17(10-12(2)3)15(18)11-20-16(19)14-8-6-13(4)7-9-14/h6-9H,2,5,10-11H2,1,3-4H3. The van der Waals surface area contributed by atoms with E-state index in [1.165, 1.54) is 0 Å². The van der Waals surface area contributed by atoms with Crippen molar-refractivity contribution in [2.24, 2.45) is 0 Å². The smallest absolute Gasteiger partial charge is 0.338 e. The fourth-order valence-electron chi connectivity index (χ4n) is 1.69. The molecule has 0 unspecified atom stereocenters. The molecule has 0 spiro atoms. The second kappa shape index (κ2) is 7.48. The number of aryl methyl sites for hydroxylation is 1. The normalized spacial score (nSPS) is 9.95. The number of nitrogens with zero attached hydrogens (tertiary/aromatic N) is 1. The molecule has 0 aromatic heterocycles. The lowest BCUT2D eigenvalue weighted by Gasteiger charge is -2.20. The SMILES string of the molecule is C=C(C)CN(CC)C(=O)COC(=O)c1ccc(C)cc1. The fraction of sp³-hybridized carbons (Fsp3) is 0.375. The van der Waals surface area contributed by atoms with Gasteiger partial charge in [0, 0.05) is 13.1 Å². The summed E-state index contributed by atoms with van der Waals surface area (Å²) in [5, 5.41) is 0. The van der Waals surface area contributed by atoms with Gasteiger partial charge in [-0.05, 0) is 32.9 Å². The van der Waals surface area contributed by atoms with Gasteiger partial charge in [-0.15, -0.1) is 0 Å². The van der Waals surface area contributed by atoms with Gasteiger partial charge in [-0.2, -0.15) is 0 Å². The number of amides is 1. The number of benzene rings is 1. The Kier molecular flexibility index (Phi) is 5.97. The molecule has 1 amide bonds. The molecule has 108 valence electrons. The highest BCUT2D eigenvalue weighted by Crippen LogP contribution is 2.05. The van der Waals surface area contributed by atoms with Crippen LogP contribution >= 0.6 is 0 Å². The molecule has 20 heavy (non-hydrogen) atoms. The summed E-state index contributed by atoms with van der Waals surface area (Å²) in [7, 11) is 0. The summed E-state index contributed by atoms with van der Waals surface area (Å²) < 4.78 is 5.03. The predicted octanol–water partition coefficient (Wildman–Crippen LogP) is 2.58. The molecule has 4 nitrogen and oxygen atoms in total. The topological polar surface area (TPSA) is 46.6 Å². The molecule has 0 saturated carbocycles. The van der Waals surface area contributed by atoms with Gasteiger partial charge >= 0.3 is 5.97 Å². The van der Waals surface area contributed by atoms with Crippen molar-refractivity contribution < 1.29 is 14.3 Å². The maximum atomic E-state index is 11.9. The van der Waals surface area contributed by atoms with E-state index in [-0.39, 0.29) is 12.5 Å². The molecule has 1 aromatic rings. The minimum Gasteiger partial charge on any atom is -0.452 e. The van der Waals surface area contributed by atoms with Crippen molar-refractivity contribution in [3.05, 3.63) is 47.5 Å². The molecule has 0 aliphatic carbocycles. The molecule has 0 aliphatic rings. The van der Waals surface area contributed by atoms with Crippen LogP contribution in [-0.4, -0.2) is 36.5 Å². The molecule has 0 bridgehead atoms. The molecular formula is C16H21NO3. The van der Waals surface area contributed by atoms with Crippen molar-refractivity contribution in [3.63, 3.8) is 0 Å². The predicted molar refractivity (Wildman–Crippen MR) is 78.5 cm³/mol. The van der Waals surface area contributed by atoms with Gasteiger partial charge in [-0.1, -0.05) is 29.8 Å². The number of carbonyl (C=O) groups excluding carboxylic acids is 2. The number of likely N-dealkylation sites (N-methyl/N-ethyl adjacent to an activating group) is 1. The summed E-state index contributed by atoms with van der Waals surface area (Å²) in [6.07, 6.45) is 0. The molecular weight excluding hydrogens is 254 g/mol. The van der Waals surface area contributed by atoms with Crippen molar-refractivity contribution in [2.45, 2.75) is 20.8 Å². The first kappa shape index (κ1) is 16.0. The lowest BCUT2D eigenvalue weighted by molar-refractivity contribution is -0.133. The highest BCUT2D eigenvalue weighted by molar-refractivity contribution is 5.91. The van der Waals surface area contributed by atoms with Crippen molar-refractivity contribution in [1.29, 1.82) is 0 Å². The van der Waals surface area contributed by atoms with Crippen LogP contribution in [0.3, 0.4) is 0 Å². The van der Waals surface area contributed by atoms with Gasteiger partial charge in [0.15, 0.2) is 6.61 Å². The summed E-state index contributed by atoms with van der Waals surface area (Å²) in [6.45, 7) is 10.3. The van der Waals surface area contributed by atoms with E-state index in [0.717, 1.165) is 11.1 Å². The van der Waals surface area contributed by atoms with E-state index >= 15 is 0 Å². The van der Waals surface area contributed by atoms with E-state index < -0.39 is 5.97 Å². The molecule has 0 radical (unpaired) electrons. The maximum absolute atomic E-state index is 11.9. The Morgan fingerprint density at radius 1 is 1.25 bits per heavy atom. The van der Waals surface area contributed by atoms with Gasteiger partial charge < -0.3 is 9.64 Å². The van der Waals surface area contributed by atoms with Gasteiger partial charge in [0.05, 0.1) is 5.56 Å². The van der Waals surface area contributed by atoms with Crippen LogP contribution in [0, 0.1) is 6.92 Å². The number of esters is 1. The summed E-state index contributed by atoms with van der Waals surface area (Å²) in [5.74, 6) is -0.694. The second-order valence-electron chi connectivity index (χ2n) is 4.81. The highest BCUT2D eigenvalue weighted by atomic mass is 16.5. The van der Waals surface area contributed by atoms with Crippen LogP contribution in [0.25, 0.3) is 0 Å². The van der Waals surface area contributed by atoms with Crippen LogP contribution < -0.4 is 0 Å². The third-order valence-corrected chi connectivity index (χ3v) is 2.81. The quantitative estimate of drug-likeness (QED) is 0.592. The number of hydrogen-bond donors (Lipinski definition) is 0. The van der Waals surface area contributed by atoms with Crippen LogP contribution in [0.2, 0.25) is 0 Å². The minimum atomic E-state index is -0.482. The third kappa shape index (κ3) is 4.88. The van der Waals surface area contributed by atoms with E-state index in [1.807, 2.05) is 32.9 Å². The maximum Gasteiger partial charge on any atom is 0.338 e. The van der Waals surface area contributed by atoms with Gasteiger partial charge in [-0.25, -0.2) is 4.79 Å². The molecule has 0 N–H and O–H groups in total. The van der Waals surface area contributed by atoms with Crippen LogP contribution in [-0.2, 0) is 9.53 Å². The fourth-order valence-corrected chi connectivity index (χ4v) is 1.69. The zero-order valence-electron chi connectivity index (χ0n) is 12.3. The number of rotatable bonds is 6. The zero-order chi connectivity index (χ0) is 15.1. The Balaban J connectivity index is 2.53. The first-order valence-electron chi connectivity index (χ1n) is 6.60. The first-order chi connectivity index (χ1) is 9.43. The van der Waals surface area contributed by atoms with Gasteiger partial charge in [0.25, 0.3) is 5.91 Å². The lowest BCUT2D eigenvalue weighted by atomic mass is 10.1. The Morgan fingerprint density at radius 3 is 2.35 bits per heavy atom. The highest BCUT2D eigenvalue weighted by Gasteiger charge is 2.15. The van der Waals surface area contributed by atoms with Crippen LogP contribution in [0.4, 0.5) is 0 Å². The first-order valence-corrected chi connectivity index (χ1v) is 6.60. The molecule has 4 heteroatoms. The summed E-state index contributed by atoms with van der Waals surface area (Å²) >= 11 is 0. The van der Waals surface area contributed by atoms with Crippen molar-refractivity contribution in [2.75, 3.05) is 19.7 Å². The number of ether oxygens (including phenoxy) is 1. The van der Waals surface area contributed by atoms with Gasteiger partial charge in [0.1, 0.15) is 0 Å². The van der Waals surface area contributed by atoms with E-state index in [2.05, 4.69) is 6.58 Å². The molecule has 0 fully saturated rings. The Bertz CT molecular complexity index is 491. The molecule has 0 aliphatic heterocycles. The Morgan fingerprint density at radius 2 is 1.85 bits per heavy atom. The largest absolute Gasteiger partial charge is 0.452 e. The average molecular weight is 275 g/mol. The summed E-state index contributed by atoms with van der Waals surface area (Å²) in [6, 6.07) is 7.04.